The molecule has 0 bridgehead atoms. The number of carbonyl (C=O) groups excluding carboxylic acids is 1. The van der Waals surface area contributed by atoms with E-state index in [2.05, 4.69) is 10.3 Å². The van der Waals surface area contributed by atoms with Crippen molar-refractivity contribution in [3.63, 3.8) is 0 Å². The molecule has 168 valence electrons. The molecule has 32 heavy (non-hydrogen) atoms. The highest BCUT2D eigenvalue weighted by atomic mass is 35.5. The first kappa shape index (κ1) is 22.8. The topological polar surface area (TPSA) is 98.1 Å². The standard InChI is InChI=1S/C22H22ClN3O4S2/c1-14-16(23)7-5-9-18(14)26-20(28)15-6-3-4-8-17(15)24-21(26)31-12-19(27)25-22(2)10-11-32(29,30)13-22/h3-9H,10-13H2,1-2H3,(H,25,27). The summed E-state index contributed by atoms with van der Waals surface area (Å²) < 4.78 is 25.1. The molecule has 3 aromatic rings. The van der Waals surface area contributed by atoms with Crippen LogP contribution in [0.25, 0.3) is 16.6 Å². The molecule has 0 aliphatic carbocycles. The summed E-state index contributed by atoms with van der Waals surface area (Å²) in [4.78, 5) is 30.6. The van der Waals surface area contributed by atoms with Crippen molar-refractivity contribution >= 4 is 50.0 Å². The van der Waals surface area contributed by atoms with Crippen LogP contribution in [0.3, 0.4) is 0 Å². The first-order valence-electron chi connectivity index (χ1n) is 10.0. The lowest BCUT2D eigenvalue weighted by Crippen LogP contribution is -2.47. The predicted molar refractivity (Wildman–Crippen MR) is 128 cm³/mol. The zero-order valence-electron chi connectivity index (χ0n) is 17.6. The second-order valence-electron chi connectivity index (χ2n) is 8.18. The van der Waals surface area contributed by atoms with Gasteiger partial charge in [0.05, 0.1) is 39.4 Å². The normalized spacial score (nSPS) is 19.8. The number of carbonyl (C=O) groups is 1. The van der Waals surface area contributed by atoms with Gasteiger partial charge < -0.3 is 5.32 Å². The third-order valence-corrected chi connectivity index (χ3v) is 8.75. The van der Waals surface area contributed by atoms with Crippen LogP contribution in [0.2, 0.25) is 5.02 Å². The van der Waals surface area contributed by atoms with E-state index in [9.17, 15) is 18.0 Å². The second kappa shape index (κ2) is 8.53. The van der Waals surface area contributed by atoms with Gasteiger partial charge in [-0.05, 0) is 50.1 Å². The molecule has 4 rings (SSSR count). The van der Waals surface area contributed by atoms with Crippen molar-refractivity contribution in [3.8, 4) is 5.69 Å². The number of hydrogen-bond acceptors (Lipinski definition) is 6. The number of fused-ring (bicyclic) bond motifs is 1. The van der Waals surface area contributed by atoms with Crippen molar-refractivity contribution in [2.45, 2.75) is 31.0 Å². The molecule has 1 amide bonds. The number of nitrogens with zero attached hydrogens (tertiary/aromatic N) is 2. The van der Waals surface area contributed by atoms with E-state index in [0.29, 0.717) is 33.2 Å². The minimum atomic E-state index is -3.14. The van der Waals surface area contributed by atoms with Crippen molar-refractivity contribution < 1.29 is 13.2 Å². The SMILES string of the molecule is Cc1c(Cl)cccc1-n1c(SCC(=O)NC2(C)CCS(=O)(=O)C2)nc2ccccc2c1=O. The summed E-state index contributed by atoms with van der Waals surface area (Å²) in [5.41, 5.74) is 0.819. The molecule has 0 radical (unpaired) electrons. The number of halogens is 1. The minimum absolute atomic E-state index is 0.0139. The van der Waals surface area contributed by atoms with E-state index in [1.165, 1.54) is 4.57 Å². The number of hydrogen-bond donors (Lipinski definition) is 1. The quantitative estimate of drug-likeness (QED) is 0.435. The van der Waals surface area contributed by atoms with Gasteiger partial charge in [0.1, 0.15) is 0 Å². The van der Waals surface area contributed by atoms with Crippen LogP contribution in [0, 0.1) is 6.92 Å². The maximum absolute atomic E-state index is 13.4. The summed E-state index contributed by atoms with van der Waals surface area (Å²) in [6.07, 6.45) is 0.381. The van der Waals surface area contributed by atoms with Crippen LogP contribution in [0.1, 0.15) is 18.9 Å². The van der Waals surface area contributed by atoms with E-state index in [0.717, 1.165) is 17.3 Å². The average Bonchev–Trinajstić information content (AvgIpc) is 3.01. The van der Waals surface area contributed by atoms with Crippen LogP contribution in [-0.4, -0.2) is 46.7 Å². The van der Waals surface area contributed by atoms with Gasteiger partial charge in [0.25, 0.3) is 5.56 Å². The molecule has 1 aliphatic heterocycles. The molecule has 1 atom stereocenters. The number of amides is 1. The highest BCUT2D eigenvalue weighted by Gasteiger charge is 2.39. The largest absolute Gasteiger partial charge is 0.349 e. The van der Waals surface area contributed by atoms with Crippen molar-refractivity contribution in [1.29, 1.82) is 0 Å². The van der Waals surface area contributed by atoms with E-state index in [1.54, 1.807) is 49.4 Å². The van der Waals surface area contributed by atoms with Crippen LogP contribution in [0.4, 0.5) is 0 Å². The maximum atomic E-state index is 13.4. The average molecular weight is 492 g/mol. The Kier molecular flexibility index (Phi) is 6.08. The van der Waals surface area contributed by atoms with E-state index < -0.39 is 15.4 Å². The van der Waals surface area contributed by atoms with Gasteiger partial charge in [-0.3, -0.25) is 14.2 Å². The highest BCUT2D eigenvalue weighted by Crippen LogP contribution is 2.27. The van der Waals surface area contributed by atoms with E-state index >= 15 is 0 Å². The molecule has 2 heterocycles. The molecule has 7 nitrogen and oxygen atoms in total. The Morgan fingerprint density at radius 1 is 1.25 bits per heavy atom. The Morgan fingerprint density at radius 2 is 2.00 bits per heavy atom. The molecule has 2 aromatic carbocycles. The molecular weight excluding hydrogens is 470 g/mol. The lowest BCUT2D eigenvalue weighted by molar-refractivity contribution is -0.120. The van der Waals surface area contributed by atoms with Crippen molar-refractivity contribution in [1.82, 2.24) is 14.9 Å². The van der Waals surface area contributed by atoms with Crippen LogP contribution < -0.4 is 10.9 Å². The minimum Gasteiger partial charge on any atom is -0.349 e. The molecule has 1 aromatic heterocycles. The molecule has 1 unspecified atom stereocenters. The fourth-order valence-electron chi connectivity index (χ4n) is 3.87. The Bertz CT molecular complexity index is 1390. The number of para-hydroxylation sites is 1. The third kappa shape index (κ3) is 4.55. The highest BCUT2D eigenvalue weighted by molar-refractivity contribution is 7.99. The lowest BCUT2D eigenvalue weighted by atomic mass is 10.0. The summed E-state index contributed by atoms with van der Waals surface area (Å²) in [6, 6.07) is 12.3. The number of nitrogens with one attached hydrogen (secondary N) is 1. The van der Waals surface area contributed by atoms with Gasteiger partial charge in [-0.1, -0.05) is 41.6 Å². The van der Waals surface area contributed by atoms with Gasteiger partial charge in [0.15, 0.2) is 15.0 Å². The monoisotopic (exact) mass is 491 g/mol. The molecule has 10 heteroatoms. The Morgan fingerprint density at radius 3 is 2.72 bits per heavy atom. The van der Waals surface area contributed by atoms with Gasteiger partial charge >= 0.3 is 0 Å². The fraction of sp³-hybridized carbons (Fsp3) is 0.318. The molecule has 0 spiro atoms. The number of rotatable bonds is 5. The Balaban J connectivity index is 1.68. The summed E-state index contributed by atoms with van der Waals surface area (Å²) in [7, 11) is -3.14. The molecular formula is C22H22ClN3O4S2. The van der Waals surface area contributed by atoms with Gasteiger partial charge in [0.2, 0.25) is 5.91 Å². The molecule has 1 fully saturated rings. The van der Waals surface area contributed by atoms with Crippen LogP contribution in [-0.2, 0) is 14.6 Å². The van der Waals surface area contributed by atoms with Gasteiger partial charge in [-0.15, -0.1) is 0 Å². The summed E-state index contributed by atoms with van der Waals surface area (Å²) >= 11 is 7.41. The van der Waals surface area contributed by atoms with Crippen molar-refractivity contribution in [2.24, 2.45) is 0 Å². The zero-order chi connectivity index (χ0) is 23.1. The van der Waals surface area contributed by atoms with Gasteiger partial charge in [0, 0.05) is 5.02 Å². The zero-order valence-corrected chi connectivity index (χ0v) is 20.0. The maximum Gasteiger partial charge on any atom is 0.266 e. The Hall–Kier alpha value is -2.36. The molecule has 0 saturated carbocycles. The first-order valence-corrected chi connectivity index (χ1v) is 13.2. The van der Waals surface area contributed by atoms with E-state index in [1.807, 2.05) is 6.92 Å². The number of thioether (sulfide) groups is 1. The fourth-order valence-corrected chi connectivity index (χ4v) is 6.94. The van der Waals surface area contributed by atoms with E-state index in [4.69, 9.17) is 11.6 Å². The summed E-state index contributed by atoms with van der Waals surface area (Å²) in [5, 5.41) is 4.18. The van der Waals surface area contributed by atoms with Crippen LogP contribution in [0.5, 0.6) is 0 Å². The summed E-state index contributed by atoms with van der Waals surface area (Å²) in [5.74, 6) is -0.334. The molecule has 1 saturated heterocycles. The number of aromatic nitrogens is 2. The first-order chi connectivity index (χ1) is 15.1. The second-order valence-corrected chi connectivity index (χ2v) is 11.7. The lowest BCUT2D eigenvalue weighted by Gasteiger charge is -2.24. The van der Waals surface area contributed by atoms with Crippen LogP contribution in [0.15, 0.2) is 52.4 Å². The van der Waals surface area contributed by atoms with E-state index in [-0.39, 0.29) is 28.7 Å². The smallest absolute Gasteiger partial charge is 0.266 e. The van der Waals surface area contributed by atoms with Crippen LogP contribution >= 0.6 is 23.4 Å². The molecule has 1 N–H and O–H groups in total. The summed E-state index contributed by atoms with van der Waals surface area (Å²) in [6.45, 7) is 3.56. The van der Waals surface area contributed by atoms with Crippen molar-refractivity contribution in [2.75, 3.05) is 17.3 Å². The van der Waals surface area contributed by atoms with Gasteiger partial charge in [-0.2, -0.15) is 0 Å². The Labute approximate surface area is 195 Å². The molecule has 1 aliphatic rings. The number of benzene rings is 2. The third-order valence-electron chi connectivity index (χ3n) is 5.50. The number of sulfone groups is 1. The van der Waals surface area contributed by atoms with Gasteiger partial charge in [-0.25, -0.2) is 13.4 Å². The van der Waals surface area contributed by atoms with Crippen molar-refractivity contribution in [3.05, 3.63) is 63.4 Å². The predicted octanol–water partition coefficient (Wildman–Crippen LogP) is 3.13.